The molecule has 0 saturated heterocycles. The van der Waals surface area contributed by atoms with Gasteiger partial charge < -0.3 is 10.2 Å². The van der Waals surface area contributed by atoms with Gasteiger partial charge in [-0.2, -0.15) is 0 Å². The van der Waals surface area contributed by atoms with E-state index in [1.165, 1.54) is 5.56 Å². The molecule has 0 unspecified atom stereocenters. The Kier molecular flexibility index (Phi) is 5.46. The van der Waals surface area contributed by atoms with Gasteiger partial charge in [-0.15, -0.1) is 0 Å². The Labute approximate surface area is 133 Å². The molecule has 106 valence electrons. The quantitative estimate of drug-likeness (QED) is 0.854. The number of hydrogen-bond acceptors (Lipinski definition) is 2. The Morgan fingerprint density at radius 3 is 2.50 bits per heavy atom. The van der Waals surface area contributed by atoms with E-state index in [0.29, 0.717) is 0 Å². The van der Waals surface area contributed by atoms with Crippen molar-refractivity contribution in [3.8, 4) is 0 Å². The van der Waals surface area contributed by atoms with Gasteiger partial charge in [0, 0.05) is 40.9 Å². The first-order valence-electron chi connectivity index (χ1n) is 6.49. The maximum atomic E-state index is 6.30. The molecule has 1 N–H and O–H groups in total. The highest BCUT2D eigenvalue weighted by molar-refractivity contribution is 9.10. The van der Waals surface area contributed by atoms with Crippen molar-refractivity contribution < 1.29 is 0 Å². The zero-order valence-corrected chi connectivity index (χ0v) is 14.0. The molecule has 0 aliphatic rings. The van der Waals surface area contributed by atoms with Crippen molar-refractivity contribution in [3.63, 3.8) is 0 Å². The molecular formula is C16H18BrClN2. The maximum Gasteiger partial charge on any atom is 0.0471 e. The van der Waals surface area contributed by atoms with Gasteiger partial charge in [-0.25, -0.2) is 0 Å². The molecule has 0 aromatic heterocycles. The lowest BCUT2D eigenvalue weighted by molar-refractivity contribution is 0.805. The number of halogens is 2. The third-order valence-electron chi connectivity index (χ3n) is 3.19. The highest BCUT2D eigenvalue weighted by atomic mass is 79.9. The fourth-order valence-corrected chi connectivity index (χ4v) is 2.71. The number of nitrogens with zero attached hydrogens (tertiary/aromatic N) is 1. The first-order valence-corrected chi connectivity index (χ1v) is 7.66. The van der Waals surface area contributed by atoms with E-state index in [-0.39, 0.29) is 0 Å². The van der Waals surface area contributed by atoms with Crippen LogP contribution in [0.3, 0.4) is 0 Å². The van der Waals surface area contributed by atoms with Crippen molar-refractivity contribution in [1.29, 1.82) is 0 Å². The second kappa shape index (κ2) is 7.11. The van der Waals surface area contributed by atoms with E-state index < -0.39 is 0 Å². The third kappa shape index (κ3) is 3.75. The largest absolute Gasteiger partial charge is 0.370 e. The summed E-state index contributed by atoms with van der Waals surface area (Å²) in [6, 6.07) is 14.4. The minimum atomic E-state index is 0.764. The molecule has 20 heavy (non-hydrogen) atoms. The van der Waals surface area contributed by atoms with Crippen LogP contribution in [-0.2, 0) is 13.1 Å². The minimum absolute atomic E-state index is 0.764. The zero-order valence-electron chi connectivity index (χ0n) is 11.7. The molecule has 0 radical (unpaired) electrons. The van der Waals surface area contributed by atoms with E-state index in [9.17, 15) is 0 Å². The molecule has 0 bridgehead atoms. The number of hydrogen-bond donors (Lipinski definition) is 1. The van der Waals surface area contributed by atoms with Crippen LogP contribution in [-0.4, -0.2) is 14.1 Å². The maximum absolute atomic E-state index is 6.30. The summed E-state index contributed by atoms with van der Waals surface area (Å²) in [5.74, 6) is 0. The second-order valence-electron chi connectivity index (χ2n) is 4.75. The second-order valence-corrected chi connectivity index (χ2v) is 6.07. The molecule has 0 aliphatic carbocycles. The predicted molar refractivity (Wildman–Crippen MR) is 90.5 cm³/mol. The van der Waals surface area contributed by atoms with Gasteiger partial charge in [-0.1, -0.05) is 45.7 Å². The van der Waals surface area contributed by atoms with Crippen LogP contribution in [0.5, 0.6) is 0 Å². The minimum Gasteiger partial charge on any atom is -0.370 e. The summed E-state index contributed by atoms with van der Waals surface area (Å²) in [5, 5.41) is 3.98. The molecule has 2 rings (SSSR count). The molecule has 0 amide bonds. The Bertz CT molecular complexity index is 569. The topological polar surface area (TPSA) is 15.3 Å². The fourth-order valence-electron chi connectivity index (χ4n) is 2.21. The molecule has 0 spiro atoms. The van der Waals surface area contributed by atoms with Crippen molar-refractivity contribution in [2.24, 2.45) is 0 Å². The molecule has 0 heterocycles. The molecule has 2 nitrogen and oxygen atoms in total. The number of anilines is 1. The van der Waals surface area contributed by atoms with Gasteiger partial charge >= 0.3 is 0 Å². The van der Waals surface area contributed by atoms with Crippen LogP contribution in [0.25, 0.3) is 0 Å². The van der Waals surface area contributed by atoms with E-state index in [4.69, 9.17) is 11.6 Å². The van der Waals surface area contributed by atoms with Gasteiger partial charge in [0.2, 0.25) is 0 Å². The molecule has 0 atom stereocenters. The molecule has 2 aromatic carbocycles. The fraction of sp³-hybridized carbons (Fsp3) is 0.250. The van der Waals surface area contributed by atoms with Crippen molar-refractivity contribution in [2.75, 3.05) is 19.0 Å². The SMILES string of the molecule is CNCc1c(Cl)cccc1N(C)Cc1ccc(Br)cc1. The normalized spacial score (nSPS) is 10.6. The summed E-state index contributed by atoms with van der Waals surface area (Å²) in [5.41, 5.74) is 3.57. The molecule has 0 fully saturated rings. The van der Waals surface area contributed by atoms with Crippen molar-refractivity contribution in [3.05, 3.63) is 63.1 Å². The summed E-state index contributed by atoms with van der Waals surface area (Å²) in [7, 11) is 4.02. The molecule has 4 heteroatoms. The molecular weight excluding hydrogens is 336 g/mol. The van der Waals surface area contributed by atoms with Crippen LogP contribution in [0, 0.1) is 0 Å². The van der Waals surface area contributed by atoms with E-state index in [0.717, 1.165) is 33.8 Å². The summed E-state index contributed by atoms with van der Waals surface area (Å²) >= 11 is 9.76. The smallest absolute Gasteiger partial charge is 0.0471 e. The third-order valence-corrected chi connectivity index (χ3v) is 4.07. The standard InChI is InChI=1S/C16H18BrClN2/c1-19-10-14-15(18)4-3-5-16(14)20(2)11-12-6-8-13(17)9-7-12/h3-9,19H,10-11H2,1-2H3. The zero-order chi connectivity index (χ0) is 14.5. The molecule has 0 aliphatic heterocycles. The Morgan fingerprint density at radius 2 is 1.85 bits per heavy atom. The van der Waals surface area contributed by atoms with Crippen LogP contribution in [0.15, 0.2) is 46.9 Å². The van der Waals surface area contributed by atoms with Crippen LogP contribution >= 0.6 is 27.5 Å². The highest BCUT2D eigenvalue weighted by Crippen LogP contribution is 2.28. The lowest BCUT2D eigenvalue weighted by Gasteiger charge is -2.23. The van der Waals surface area contributed by atoms with Gasteiger partial charge in [0.15, 0.2) is 0 Å². The average molecular weight is 354 g/mol. The monoisotopic (exact) mass is 352 g/mol. The summed E-state index contributed by atoms with van der Waals surface area (Å²) in [6.45, 7) is 1.62. The number of benzene rings is 2. The van der Waals surface area contributed by atoms with Gasteiger partial charge in [0.1, 0.15) is 0 Å². The predicted octanol–water partition coefficient (Wildman–Crippen LogP) is 4.46. The van der Waals surface area contributed by atoms with Gasteiger partial charge in [0.05, 0.1) is 0 Å². The van der Waals surface area contributed by atoms with Crippen molar-refractivity contribution in [2.45, 2.75) is 13.1 Å². The first-order chi connectivity index (χ1) is 9.61. The highest BCUT2D eigenvalue weighted by Gasteiger charge is 2.10. The van der Waals surface area contributed by atoms with E-state index in [1.54, 1.807) is 0 Å². The van der Waals surface area contributed by atoms with Crippen LogP contribution in [0.1, 0.15) is 11.1 Å². The summed E-state index contributed by atoms with van der Waals surface area (Å²) < 4.78 is 1.10. The Hall–Kier alpha value is -1.03. The van der Waals surface area contributed by atoms with Gasteiger partial charge in [0.25, 0.3) is 0 Å². The van der Waals surface area contributed by atoms with Crippen LogP contribution in [0.4, 0.5) is 5.69 Å². The van der Waals surface area contributed by atoms with Crippen LogP contribution in [0.2, 0.25) is 5.02 Å². The first kappa shape index (κ1) is 15.4. The van der Waals surface area contributed by atoms with Crippen molar-refractivity contribution >= 4 is 33.2 Å². The van der Waals surface area contributed by atoms with Crippen LogP contribution < -0.4 is 10.2 Å². The van der Waals surface area contributed by atoms with Gasteiger partial charge in [-0.05, 0) is 36.9 Å². The lowest BCUT2D eigenvalue weighted by Crippen LogP contribution is -2.19. The van der Waals surface area contributed by atoms with E-state index >= 15 is 0 Å². The van der Waals surface area contributed by atoms with E-state index in [2.05, 4.69) is 63.5 Å². The van der Waals surface area contributed by atoms with Crippen molar-refractivity contribution in [1.82, 2.24) is 5.32 Å². The summed E-state index contributed by atoms with van der Waals surface area (Å²) in [4.78, 5) is 2.22. The molecule has 2 aromatic rings. The van der Waals surface area contributed by atoms with Gasteiger partial charge in [-0.3, -0.25) is 0 Å². The molecule has 0 saturated carbocycles. The number of rotatable bonds is 5. The Balaban J connectivity index is 2.22. The average Bonchev–Trinajstić information content (AvgIpc) is 2.43. The summed E-state index contributed by atoms with van der Waals surface area (Å²) in [6.07, 6.45) is 0. The Morgan fingerprint density at radius 1 is 1.15 bits per heavy atom. The van der Waals surface area contributed by atoms with E-state index in [1.807, 2.05) is 19.2 Å². The number of nitrogens with one attached hydrogen (secondary N) is 1. The lowest BCUT2D eigenvalue weighted by atomic mass is 10.1.